The molecule has 0 spiro atoms. The number of carbonyl (C=O) groups excluding carboxylic acids is 1. The maximum absolute atomic E-state index is 11.6. The fourth-order valence-electron chi connectivity index (χ4n) is 1.22. The molecule has 0 bridgehead atoms. The van der Waals surface area contributed by atoms with Crippen LogP contribution in [-0.2, 0) is 11.3 Å². The van der Waals surface area contributed by atoms with Crippen molar-refractivity contribution in [2.24, 2.45) is 5.73 Å². The minimum Gasteiger partial charge on any atom is -0.380 e. The number of rotatable bonds is 7. The normalized spacial score (nSPS) is 10.4. The van der Waals surface area contributed by atoms with Gasteiger partial charge in [-0.2, -0.15) is 0 Å². The second-order valence-electron chi connectivity index (χ2n) is 3.24. The van der Waals surface area contributed by atoms with Gasteiger partial charge in [-0.3, -0.25) is 4.79 Å². The summed E-state index contributed by atoms with van der Waals surface area (Å²) in [6.07, 6.45) is 3.28. The summed E-state index contributed by atoms with van der Waals surface area (Å²) in [6, 6.07) is 0. The van der Waals surface area contributed by atoms with Crippen molar-refractivity contribution in [2.45, 2.75) is 13.5 Å². The Morgan fingerprint density at radius 2 is 2.50 bits per heavy atom. The van der Waals surface area contributed by atoms with E-state index in [1.54, 1.807) is 17.1 Å². The highest BCUT2D eigenvalue weighted by Crippen LogP contribution is 1.95. The first kappa shape index (κ1) is 12.7. The molecular formula is C10H18N4O2. The van der Waals surface area contributed by atoms with Crippen molar-refractivity contribution in [3.05, 3.63) is 18.2 Å². The third-order valence-electron chi connectivity index (χ3n) is 1.99. The van der Waals surface area contributed by atoms with E-state index < -0.39 is 0 Å². The van der Waals surface area contributed by atoms with Crippen molar-refractivity contribution in [1.82, 2.24) is 14.9 Å². The molecule has 3 N–H and O–H groups in total. The molecule has 0 aliphatic rings. The topological polar surface area (TPSA) is 82.2 Å². The minimum atomic E-state index is -0.185. The summed E-state index contributed by atoms with van der Waals surface area (Å²) in [7, 11) is 0. The van der Waals surface area contributed by atoms with Crippen molar-refractivity contribution >= 4 is 5.91 Å². The molecule has 1 amide bonds. The number of hydrogen-bond donors (Lipinski definition) is 2. The van der Waals surface area contributed by atoms with Crippen molar-refractivity contribution in [1.29, 1.82) is 0 Å². The van der Waals surface area contributed by atoms with Gasteiger partial charge in [-0.1, -0.05) is 0 Å². The smallest absolute Gasteiger partial charge is 0.271 e. The lowest BCUT2D eigenvalue weighted by atomic mass is 10.4. The zero-order chi connectivity index (χ0) is 11.8. The number of ether oxygens (including phenoxy) is 1. The summed E-state index contributed by atoms with van der Waals surface area (Å²) in [4.78, 5) is 15.5. The van der Waals surface area contributed by atoms with E-state index in [0.29, 0.717) is 38.5 Å². The number of nitrogens with one attached hydrogen (secondary N) is 1. The summed E-state index contributed by atoms with van der Waals surface area (Å²) >= 11 is 0. The first-order chi connectivity index (χ1) is 7.77. The van der Waals surface area contributed by atoms with Crippen LogP contribution in [0.4, 0.5) is 0 Å². The number of nitrogens with two attached hydrogens (primary N) is 1. The lowest BCUT2D eigenvalue weighted by Crippen LogP contribution is -2.27. The van der Waals surface area contributed by atoms with Crippen molar-refractivity contribution in [3.8, 4) is 0 Å². The minimum absolute atomic E-state index is 0.185. The van der Waals surface area contributed by atoms with Gasteiger partial charge in [-0.25, -0.2) is 4.98 Å². The van der Waals surface area contributed by atoms with Crippen LogP contribution < -0.4 is 11.1 Å². The second-order valence-corrected chi connectivity index (χ2v) is 3.24. The van der Waals surface area contributed by atoms with E-state index >= 15 is 0 Å². The third-order valence-corrected chi connectivity index (χ3v) is 1.99. The Labute approximate surface area is 94.8 Å². The van der Waals surface area contributed by atoms with Crippen LogP contribution in [0.1, 0.15) is 17.4 Å². The van der Waals surface area contributed by atoms with E-state index in [0.717, 1.165) is 0 Å². The lowest BCUT2D eigenvalue weighted by molar-refractivity contribution is 0.0918. The molecule has 0 aliphatic heterocycles. The predicted molar refractivity (Wildman–Crippen MR) is 60.1 cm³/mol. The highest BCUT2D eigenvalue weighted by Gasteiger charge is 2.07. The maximum atomic E-state index is 11.6. The fourth-order valence-corrected chi connectivity index (χ4v) is 1.22. The Morgan fingerprint density at radius 3 is 3.19 bits per heavy atom. The van der Waals surface area contributed by atoms with Crippen LogP contribution in [0.15, 0.2) is 12.5 Å². The molecule has 90 valence electrons. The summed E-state index contributed by atoms with van der Waals surface area (Å²) in [6.45, 7) is 4.78. The molecule has 1 heterocycles. The Hall–Kier alpha value is -1.40. The molecule has 0 aromatic carbocycles. The van der Waals surface area contributed by atoms with Crippen LogP contribution >= 0.6 is 0 Å². The standard InChI is InChI=1S/C10H18N4O2/c1-2-16-6-4-12-10(15)9-7-14(5-3-11)8-13-9/h7-8H,2-6,11H2,1H3,(H,12,15). The van der Waals surface area contributed by atoms with Gasteiger partial charge in [0.05, 0.1) is 12.9 Å². The molecular weight excluding hydrogens is 208 g/mol. The van der Waals surface area contributed by atoms with Crippen LogP contribution in [0, 0.1) is 0 Å². The Kier molecular flexibility index (Phi) is 5.52. The number of nitrogens with zero attached hydrogens (tertiary/aromatic N) is 2. The van der Waals surface area contributed by atoms with E-state index in [1.807, 2.05) is 6.92 Å². The first-order valence-electron chi connectivity index (χ1n) is 5.35. The molecule has 6 heteroatoms. The maximum Gasteiger partial charge on any atom is 0.271 e. The number of amides is 1. The zero-order valence-corrected chi connectivity index (χ0v) is 9.48. The molecule has 0 unspecified atom stereocenters. The van der Waals surface area contributed by atoms with Crippen molar-refractivity contribution in [2.75, 3.05) is 26.3 Å². The van der Waals surface area contributed by atoms with Gasteiger partial charge in [0.15, 0.2) is 0 Å². The number of imidazole rings is 1. The van der Waals surface area contributed by atoms with Gasteiger partial charge in [-0.05, 0) is 6.92 Å². The van der Waals surface area contributed by atoms with Gasteiger partial charge in [0.25, 0.3) is 5.91 Å². The zero-order valence-electron chi connectivity index (χ0n) is 9.48. The van der Waals surface area contributed by atoms with Crippen LogP contribution in [0.2, 0.25) is 0 Å². The van der Waals surface area contributed by atoms with Gasteiger partial charge in [0, 0.05) is 32.4 Å². The molecule has 0 radical (unpaired) electrons. The lowest BCUT2D eigenvalue weighted by Gasteiger charge is -2.02. The van der Waals surface area contributed by atoms with Crippen LogP contribution in [0.3, 0.4) is 0 Å². The molecule has 1 aromatic heterocycles. The van der Waals surface area contributed by atoms with E-state index in [-0.39, 0.29) is 5.91 Å². The molecule has 0 atom stereocenters. The van der Waals surface area contributed by atoms with E-state index in [9.17, 15) is 4.79 Å². The summed E-state index contributed by atoms with van der Waals surface area (Å²) in [5.41, 5.74) is 5.80. The molecule has 0 aliphatic carbocycles. The first-order valence-corrected chi connectivity index (χ1v) is 5.35. The Bertz CT molecular complexity index is 324. The highest BCUT2D eigenvalue weighted by atomic mass is 16.5. The number of carbonyl (C=O) groups is 1. The molecule has 0 saturated carbocycles. The summed E-state index contributed by atoms with van der Waals surface area (Å²) < 4.78 is 6.90. The summed E-state index contributed by atoms with van der Waals surface area (Å²) in [5.74, 6) is -0.185. The predicted octanol–water partition coefficient (Wildman–Crippen LogP) is -0.392. The summed E-state index contributed by atoms with van der Waals surface area (Å²) in [5, 5.41) is 2.72. The Balaban J connectivity index is 2.34. The highest BCUT2D eigenvalue weighted by molar-refractivity contribution is 5.91. The monoisotopic (exact) mass is 226 g/mol. The van der Waals surface area contributed by atoms with Gasteiger partial charge >= 0.3 is 0 Å². The molecule has 0 saturated heterocycles. The average molecular weight is 226 g/mol. The van der Waals surface area contributed by atoms with E-state index in [4.69, 9.17) is 10.5 Å². The average Bonchev–Trinajstić information content (AvgIpc) is 2.73. The van der Waals surface area contributed by atoms with Crippen LogP contribution in [0.5, 0.6) is 0 Å². The molecule has 16 heavy (non-hydrogen) atoms. The Morgan fingerprint density at radius 1 is 1.69 bits per heavy atom. The number of aromatic nitrogens is 2. The van der Waals surface area contributed by atoms with E-state index in [2.05, 4.69) is 10.3 Å². The quantitative estimate of drug-likeness (QED) is 0.620. The van der Waals surface area contributed by atoms with Gasteiger partial charge in [0.2, 0.25) is 0 Å². The SMILES string of the molecule is CCOCCNC(=O)c1cn(CCN)cn1. The largest absolute Gasteiger partial charge is 0.380 e. The van der Waals surface area contributed by atoms with Crippen molar-refractivity contribution < 1.29 is 9.53 Å². The molecule has 0 fully saturated rings. The second kappa shape index (κ2) is 6.97. The molecule has 1 aromatic rings. The van der Waals surface area contributed by atoms with Gasteiger partial charge < -0.3 is 20.4 Å². The molecule has 1 rings (SSSR count). The van der Waals surface area contributed by atoms with E-state index in [1.165, 1.54) is 0 Å². The van der Waals surface area contributed by atoms with Crippen LogP contribution in [-0.4, -0.2) is 41.8 Å². The van der Waals surface area contributed by atoms with Gasteiger partial charge in [-0.15, -0.1) is 0 Å². The van der Waals surface area contributed by atoms with Gasteiger partial charge in [0.1, 0.15) is 5.69 Å². The number of hydrogen-bond acceptors (Lipinski definition) is 4. The third kappa shape index (κ3) is 4.00. The van der Waals surface area contributed by atoms with Crippen LogP contribution in [0.25, 0.3) is 0 Å². The molecule has 6 nitrogen and oxygen atoms in total. The van der Waals surface area contributed by atoms with Crippen molar-refractivity contribution in [3.63, 3.8) is 0 Å². The fraction of sp³-hybridized carbons (Fsp3) is 0.600.